The molecule has 0 aliphatic carbocycles. The van der Waals surface area contributed by atoms with Crippen LogP contribution >= 0.6 is 11.3 Å². The fourth-order valence-corrected chi connectivity index (χ4v) is 3.11. The van der Waals surface area contributed by atoms with Crippen molar-refractivity contribution in [3.8, 4) is 11.4 Å². The molecule has 21 heavy (non-hydrogen) atoms. The minimum absolute atomic E-state index is 0.0101. The Bertz CT molecular complexity index is 614. The van der Waals surface area contributed by atoms with E-state index < -0.39 is 0 Å². The predicted molar refractivity (Wildman–Crippen MR) is 82.1 cm³/mol. The van der Waals surface area contributed by atoms with E-state index in [-0.39, 0.29) is 17.9 Å². The first-order chi connectivity index (χ1) is 10.2. The van der Waals surface area contributed by atoms with Gasteiger partial charge in [-0.2, -0.15) is 0 Å². The van der Waals surface area contributed by atoms with Gasteiger partial charge in [0.1, 0.15) is 5.69 Å². The normalized spacial score (nSPS) is 22.0. The maximum Gasteiger partial charge on any atom is 0.229 e. The highest BCUT2D eigenvalue weighted by atomic mass is 32.1. The molecule has 1 N–H and O–H groups in total. The van der Waals surface area contributed by atoms with Crippen molar-refractivity contribution >= 4 is 22.4 Å². The monoisotopic (exact) mass is 303 g/mol. The largest absolute Gasteiger partial charge is 0.378 e. The summed E-state index contributed by atoms with van der Waals surface area (Å²) in [6.07, 6.45) is 3.42. The van der Waals surface area contributed by atoms with Crippen molar-refractivity contribution in [2.45, 2.75) is 25.9 Å². The van der Waals surface area contributed by atoms with Gasteiger partial charge in [0.2, 0.25) is 5.91 Å². The van der Waals surface area contributed by atoms with E-state index in [0.717, 1.165) is 24.2 Å². The highest BCUT2D eigenvalue weighted by Gasteiger charge is 2.26. The number of hydrogen-bond acceptors (Lipinski definition) is 5. The van der Waals surface area contributed by atoms with Crippen LogP contribution < -0.4 is 5.32 Å². The molecule has 1 saturated heterocycles. The summed E-state index contributed by atoms with van der Waals surface area (Å²) < 4.78 is 5.47. The molecule has 5 nitrogen and oxygen atoms in total. The van der Waals surface area contributed by atoms with Gasteiger partial charge in [-0.3, -0.25) is 9.78 Å². The van der Waals surface area contributed by atoms with Crippen molar-refractivity contribution in [1.29, 1.82) is 0 Å². The molecule has 0 bridgehead atoms. The lowest BCUT2D eigenvalue weighted by atomic mass is 9.95. The number of anilines is 1. The van der Waals surface area contributed by atoms with Gasteiger partial charge in [-0.05, 0) is 31.9 Å². The number of carbonyl (C=O) groups is 1. The molecule has 2 aromatic rings. The van der Waals surface area contributed by atoms with Crippen LogP contribution in [0.25, 0.3) is 11.4 Å². The first-order valence-corrected chi connectivity index (χ1v) is 7.90. The molecule has 6 heteroatoms. The Balaban J connectivity index is 1.66. The van der Waals surface area contributed by atoms with Crippen molar-refractivity contribution < 1.29 is 9.53 Å². The van der Waals surface area contributed by atoms with Crippen molar-refractivity contribution in [2.75, 3.05) is 11.9 Å². The average molecular weight is 303 g/mol. The number of ether oxygens (including phenoxy) is 1. The lowest BCUT2D eigenvalue weighted by Crippen LogP contribution is -2.32. The standard InChI is InChI=1S/C15H17N3O2S/c1-10-8-11(5-7-20-10)14(19)18-15-17-13(9-21-15)12-4-2-3-6-16-12/h2-4,6,9-11H,5,7-8H2,1H3,(H,17,18,19). The molecule has 1 amide bonds. The van der Waals surface area contributed by atoms with E-state index in [1.165, 1.54) is 11.3 Å². The van der Waals surface area contributed by atoms with Gasteiger partial charge in [-0.25, -0.2) is 4.98 Å². The minimum atomic E-state index is 0.0101. The smallest absolute Gasteiger partial charge is 0.229 e. The molecule has 110 valence electrons. The molecule has 1 aliphatic heterocycles. The number of hydrogen-bond donors (Lipinski definition) is 1. The lowest BCUT2D eigenvalue weighted by Gasteiger charge is -2.25. The maximum atomic E-state index is 12.2. The van der Waals surface area contributed by atoms with Crippen LogP contribution in [0.2, 0.25) is 0 Å². The molecule has 0 aromatic carbocycles. The number of pyridine rings is 1. The van der Waals surface area contributed by atoms with Crippen LogP contribution in [0.1, 0.15) is 19.8 Å². The summed E-state index contributed by atoms with van der Waals surface area (Å²) in [5, 5.41) is 5.44. The van der Waals surface area contributed by atoms with Crippen LogP contribution in [0.4, 0.5) is 5.13 Å². The third-order valence-corrected chi connectivity index (χ3v) is 4.28. The number of nitrogens with zero attached hydrogens (tertiary/aromatic N) is 2. The summed E-state index contributed by atoms with van der Waals surface area (Å²) in [5.41, 5.74) is 1.60. The Hall–Kier alpha value is -1.79. The van der Waals surface area contributed by atoms with E-state index in [2.05, 4.69) is 15.3 Å². The lowest BCUT2D eigenvalue weighted by molar-refractivity contribution is -0.124. The molecule has 3 heterocycles. The number of rotatable bonds is 3. The fourth-order valence-electron chi connectivity index (χ4n) is 2.41. The molecule has 1 fully saturated rings. The maximum absolute atomic E-state index is 12.2. The Morgan fingerprint density at radius 2 is 2.33 bits per heavy atom. The molecule has 0 spiro atoms. The van der Waals surface area contributed by atoms with Crippen molar-refractivity contribution in [2.24, 2.45) is 5.92 Å². The Morgan fingerprint density at radius 1 is 1.43 bits per heavy atom. The van der Waals surface area contributed by atoms with Crippen LogP contribution in [0, 0.1) is 5.92 Å². The van der Waals surface area contributed by atoms with E-state index >= 15 is 0 Å². The third-order valence-electron chi connectivity index (χ3n) is 3.52. The molecular formula is C15H17N3O2S. The predicted octanol–water partition coefficient (Wildman–Crippen LogP) is 2.96. The van der Waals surface area contributed by atoms with E-state index in [1.807, 2.05) is 30.5 Å². The molecule has 3 rings (SSSR count). The van der Waals surface area contributed by atoms with Crippen LogP contribution in [-0.4, -0.2) is 28.6 Å². The summed E-state index contributed by atoms with van der Waals surface area (Å²) in [7, 11) is 0. The molecule has 0 radical (unpaired) electrons. The second-order valence-corrected chi connectivity index (χ2v) is 6.00. The minimum Gasteiger partial charge on any atom is -0.378 e. The molecule has 0 saturated carbocycles. The fraction of sp³-hybridized carbons (Fsp3) is 0.400. The van der Waals surface area contributed by atoms with Crippen LogP contribution in [0.3, 0.4) is 0 Å². The van der Waals surface area contributed by atoms with Gasteiger partial charge >= 0.3 is 0 Å². The summed E-state index contributed by atoms with van der Waals surface area (Å²) in [4.78, 5) is 20.9. The number of thiazole rings is 1. The Labute approximate surface area is 127 Å². The first kappa shape index (κ1) is 14.2. The second-order valence-electron chi connectivity index (χ2n) is 5.14. The Morgan fingerprint density at radius 3 is 3.10 bits per heavy atom. The summed E-state index contributed by atoms with van der Waals surface area (Å²) in [6.45, 7) is 2.65. The first-order valence-electron chi connectivity index (χ1n) is 7.02. The van der Waals surface area contributed by atoms with Gasteiger partial charge in [0.15, 0.2) is 5.13 Å². The SMILES string of the molecule is CC1CC(C(=O)Nc2nc(-c3ccccn3)cs2)CCO1. The summed E-state index contributed by atoms with van der Waals surface area (Å²) >= 11 is 1.42. The van der Waals surface area contributed by atoms with Crippen LogP contribution in [0.5, 0.6) is 0 Å². The van der Waals surface area contributed by atoms with Crippen LogP contribution in [-0.2, 0) is 9.53 Å². The summed E-state index contributed by atoms with van der Waals surface area (Å²) in [6, 6.07) is 5.69. The molecule has 2 atom stereocenters. The van der Waals surface area contributed by atoms with Crippen molar-refractivity contribution in [3.63, 3.8) is 0 Å². The van der Waals surface area contributed by atoms with E-state index in [1.54, 1.807) is 6.20 Å². The second kappa shape index (κ2) is 6.32. The highest BCUT2D eigenvalue weighted by molar-refractivity contribution is 7.14. The van der Waals surface area contributed by atoms with Gasteiger partial charge < -0.3 is 10.1 Å². The molecule has 2 aromatic heterocycles. The molecule has 1 aliphatic rings. The van der Waals surface area contributed by atoms with Gasteiger partial charge in [0.05, 0.1) is 11.8 Å². The highest BCUT2D eigenvalue weighted by Crippen LogP contribution is 2.25. The Kier molecular flexibility index (Phi) is 4.26. The number of aromatic nitrogens is 2. The van der Waals surface area contributed by atoms with Gasteiger partial charge in [-0.1, -0.05) is 6.07 Å². The van der Waals surface area contributed by atoms with Gasteiger partial charge in [-0.15, -0.1) is 11.3 Å². The topological polar surface area (TPSA) is 64.1 Å². The third kappa shape index (κ3) is 3.46. The quantitative estimate of drug-likeness (QED) is 0.947. The number of nitrogens with one attached hydrogen (secondary N) is 1. The zero-order valence-corrected chi connectivity index (χ0v) is 12.6. The van der Waals surface area contributed by atoms with E-state index in [9.17, 15) is 4.79 Å². The zero-order chi connectivity index (χ0) is 14.7. The average Bonchev–Trinajstić information content (AvgIpc) is 2.97. The van der Waals surface area contributed by atoms with Gasteiger partial charge in [0, 0.05) is 24.1 Å². The van der Waals surface area contributed by atoms with E-state index in [0.29, 0.717) is 11.7 Å². The summed E-state index contributed by atoms with van der Waals surface area (Å²) in [5.74, 6) is 0.0445. The number of amides is 1. The van der Waals surface area contributed by atoms with Crippen molar-refractivity contribution in [3.05, 3.63) is 29.8 Å². The molecular weight excluding hydrogens is 286 g/mol. The molecule has 2 unspecified atom stereocenters. The van der Waals surface area contributed by atoms with Crippen molar-refractivity contribution in [1.82, 2.24) is 9.97 Å². The van der Waals surface area contributed by atoms with Crippen LogP contribution in [0.15, 0.2) is 29.8 Å². The van der Waals surface area contributed by atoms with Gasteiger partial charge in [0.25, 0.3) is 0 Å². The number of carbonyl (C=O) groups excluding carboxylic acids is 1. The van der Waals surface area contributed by atoms with E-state index in [4.69, 9.17) is 4.74 Å². The zero-order valence-electron chi connectivity index (χ0n) is 11.8.